The van der Waals surface area contributed by atoms with E-state index < -0.39 is 0 Å². The number of fused-ring (bicyclic) bond motifs is 3. The summed E-state index contributed by atoms with van der Waals surface area (Å²) in [4.78, 5) is 17.2. The van der Waals surface area contributed by atoms with Crippen molar-refractivity contribution in [3.8, 4) is 5.75 Å². The maximum atomic E-state index is 12.8. The van der Waals surface area contributed by atoms with Gasteiger partial charge in [0.2, 0.25) is 0 Å². The van der Waals surface area contributed by atoms with Crippen LogP contribution in [0.3, 0.4) is 0 Å². The molecule has 4 rings (SSSR count). The van der Waals surface area contributed by atoms with E-state index in [0.717, 1.165) is 43.9 Å². The summed E-state index contributed by atoms with van der Waals surface area (Å²) in [6.07, 6.45) is 1.98. The monoisotopic (exact) mass is 366 g/mol. The quantitative estimate of drug-likeness (QED) is 0.873. The fourth-order valence-corrected chi connectivity index (χ4v) is 3.97. The molecular formula is C21H26N4O2. The Balaban J connectivity index is 1.38. The van der Waals surface area contributed by atoms with Gasteiger partial charge < -0.3 is 25.6 Å². The van der Waals surface area contributed by atoms with Gasteiger partial charge in [-0.1, -0.05) is 18.2 Å². The summed E-state index contributed by atoms with van der Waals surface area (Å²) in [5.74, 6) is 0.757. The normalized spacial score (nSPS) is 18.5. The summed E-state index contributed by atoms with van der Waals surface area (Å²) in [6, 6.07) is 16.3. The summed E-state index contributed by atoms with van der Waals surface area (Å²) < 4.78 is 5.47. The van der Waals surface area contributed by atoms with Crippen LogP contribution in [0.5, 0.6) is 5.75 Å². The molecule has 0 aliphatic carbocycles. The molecule has 6 nitrogen and oxygen atoms in total. The molecule has 2 heterocycles. The van der Waals surface area contributed by atoms with Crippen LogP contribution in [0, 0.1) is 0 Å². The zero-order valence-corrected chi connectivity index (χ0v) is 15.4. The molecule has 2 amide bonds. The first-order valence-electron chi connectivity index (χ1n) is 9.58. The number of carbonyl (C=O) groups is 1. The predicted molar refractivity (Wildman–Crippen MR) is 107 cm³/mol. The minimum Gasteiger partial charge on any atom is -0.492 e. The van der Waals surface area contributed by atoms with Crippen molar-refractivity contribution < 1.29 is 9.53 Å². The van der Waals surface area contributed by atoms with Crippen LogP contribution in [0.2, 0.25) is 0 Å². The Kier molecular flexibility index (Phi) is 5.16. The Labute approximate surface area is 159 Å². The van der Waals surface area contributed by atoms with Crippen molar-refractivity contribution in [2.75, 3.05) is 43.0 Å². The second-order valence-electron chi connectivity index (χ2n) is 7.07. The van der Waals surface area contributed by atoms with Gasteiger partial charge in [-0.05, 0) is 48.7 Å². The van der Waals surface area contributed by atoms with E-state index in [-0.39, 0.29) is 6.03 Å². The Bertz CT molecular complexity index is 793. The molecule has 2 aliphatic rings. The third kappa shape index (κ3) is 3.85. The summed E-state index contributed by atoms with van der Waals surface area (Å²) in [7, 11) is 0. The molecule has 0 radical (unpaired) electrons. The second kappa shape index (κ2) is 7.88. The number of anilines is 2. The Hall–Kier alpha value is -2.73. The average molecular weight is 366 g/mol. The lowest BCUT2D eigenvalue weighted by molar-refractivity contribution is 0.211. The van der Waals surface area contributed by atoms with Gasteiger partial charge in [0.15, 0.2) is 0 Å². The van der Waals surface area contributed by atoms with Crippen LogP contribution in [0.4, 0.5) is 16.2 Å². The molecule has 3 N–H and O–H groups in total. The van der Waals surface area contributed by atoms with Gasteiger partial charge in [0.25, 0.3) is 0 Å². The highest BCUT2D eigenvalue weighted by Gasteiger charge is 2.33. The number of hydrogen-bond acceptors (Lipinski definition) is 4. The maximum absolute atomic E-state index is 12.8. The fourth-order valence-electron chi connectivity index (χ4n) is 3.97. The van der Waals surface area contributed by atoms with Gasteiger partial charge in [-0.25, -0.2) is 4.79 Å². The Morgan fingerprint density at radius 2 is 1.96 bits per heavy atom. The van der Waals surface area contributed by atoms with E-state index in [1.165, 1.54) is 11.3 Å². The minimum absolute atomic E-state index is 0.0385. The molecule has 2 aromatic carbocycles. The smallest absolute Gasteiger partial charge is 0.321 e. The Morgan fingerprint density at radius 1 is 1.15 bits per heavy atom. The molecule has 0 aromatic heterocycles. The van der Waals surface area contributed by atoms with Gasteiger partial charge in [-0.15, -0.1) is 0 Å². The molecule has 1 fully saturated rings. The van der Waals surface area contributed by atoms with Gasteiger partial charge in [-0.2, -0.15) is 0 Å². The highest BCUT2D eigenvalue weighted by Crippen LogP contribution is 2.33. The van der Waals surface area contributed by atoms with Crippen molar-refractivity contribution >= 4 is 17.4 Å². The van der Waals surface area contributed by atoms with Crippen LogP contribution in [-0.4, -0.2) is 49.8 Å². The summed E-state index contributed by atoms with van der Waals surface area (Å²) >= 11 is 0. The number of nitrogens with two attached hydrogens (primary N) is 1. The van der Waals surface area contributed by atoms with E-state index in [2.05, 4.69) is 34.5 Å². The van der Waals surface area contributed by atoms with Crippen molar-refractivity contribution in [2.45, 2.75) is 18.9 Å². The first-order chi connectivity index (χ1) is 13.2. The van der Waals surface area contributed by atoms with Crippen molar-refractivity contribution in [1.82, 2.24) is 4.90 Å². The standard InChI is InChI=1S/C21H26N4O2/c22-10-13-27-19-8-6-17(7-9-19)23-21(26)24-11-3-12-25-18(15-24)14-16-4-1-2-5-20(16)25/h1-2,4-9,18H,3,10-15,22H2,(H,23,26). The largest absolute Gasteiger partial charge is 0.492 e. The lowest BCUT2D eigenvalue weighted by atomic mass is 10.1. The predicted octanol–water partition coefficient (Wildman–Crippen LogP) is 2.69. The van der Waals surface area contributed by atoms with E-state index in [1.54, 1.807) is 0 Å². The number of amides is 2. The van der Waals surface area contributed by atoms with E-state index in [4.69, 9.17) is 10.5 Å². The Morgan fingerprint density at radius 3 is 2.78 bits per heavy atom. The van der Waals surface area contributed by atoms with Gasteiger partial charge in [0, 0.05) is 37.6 Å². The summed E-state index contributed by atoms with van der Waals surface area (Å²) in [5.41, 5.74) is 8.93. The first kappa shape index (κ1) is 17.7. The van der Waals surface area contributed by atoms with Crippen LogP contribution in [0.25, 0.3) is 0 Å². The number of benzene rings is 2. The molecule has 0 saturated carbocycles. The number of rotatable bonds is 4. The lowest BCUT2D eigenvalue weighted by Gasteiger charge is -2.27. The number of nitrogens with zero attached hydrogens (tertiary/aromatic N) is 2. The molecule has 27 heavy (non-hydrogen) atoms. The number of carbonyl (C=O) groups excluding carboxylic acids is 1. The topological polar surface area (TPSA) is 70.8 Å². The highest BCUT2D eigenvalue weighted by atomic mass is 16.5. The zero-order chi connectivity index (χ0) is 18.6. The zero-order valence-electron chi connectivity index (χ0n) is 15.4. The number of nitrogens with one attached hydrogen (secondary N) is 1. The van der Waals surface area contributed by atoms with Crippen molar-refractivity contribution in [1.29, 1.82) is 0 Å². The first-order valence-corrected chi connectivity index (χ1v) is 9.58. The molecule has 0 spiro atoms. The van der Waals surface area contributed by atoms with Crippen LogP contribution < -0.4 is 20.7 Å². The molecule has 0 bridgehead atoms. The van der Waals surface area contributed by atoms with Crippen LogP contribution in [-0.2, 0) is 6.42 Å². The van der Waals surface area contributed by atoms with E-state index in [1.807, 2.05) is 29.2 Å². The number of hydrogen-bond donors (Lipinski definition) is 2. The average Bonchev–Trinajstić information content (AvgIpc) is 2.90. The van der Waals surface area contributed by atoms with Gasteiger partial charge in [0.05, 0.1) is 6.04 Å². The van der Waals surface area contributed by atoms with E-state index in [0.29, 0.717) is 19.2 Å². The molecule has 1 unspecified atom stereocenters. The number of urea groups is 1. The van der Waals surface area contributed by atoms with E-state index >= 15 is 0 Å². The van der Waals surface area contributed by atoms with Crippen LogP contribution in [0.1, 0.15) is 12.0 Å². The van der Waals surface area contributed by atoms with Crippen molar-refractivity contribution in [3.05, 3.63) is 54.1 Å². The highest BCUT2D eigenvalue weighted by molar-refractivity contribution is 5.89. The lowest BCUT2D eigenvalue weighted by Crippen LogP contribution is -2.43. The van der Waals surface area contributed by atoms with Crippen LogP contribution >= 0.6 is 0 Å². The molecule has 6 heteroatoms. The third-order valence-corrected chi connectivity index (χ3v) is 5.23. The van der Waals surface area contributed by atoms with E-state index in [9.17, 15) is 4.79 Å². The third-order valence-electron chi connectivity index (χ3n) is 5.23. The molecular weight excluding hydrogens is 340 g/mol. The summed E-state index contributed by atoms with van der Waals surface area (Å²) in [5, 5.41) is 3.01. The maximum Gasteiger partial charge on any atom is 0.321 e. The minimum atomic E-state index is -0.0385. The molecule has 1 saturated heterocycles. The van der Waals surface area contributed by atoms with Gasteiger partial charge >= 0.3 is 6.03 Å². The van der Waals surface area contributed by atoms with Crippen molar-refractivity contribution in [3.63, 3.8) is 0 Å². The SMILES string of the molecule is NCCOc1ccc(NC(=O)N2CCCN3c4ccccc4CC3C2)cc1. The summed E-state index contributed by atoms with van der Waals surface area (Å²) in [6.45, 7) is 3.49. The molecule has 2 aliphatic heterocycles. The van der Waals surface area contributed by atoms with Gasteiger partial charge in [-0.3, -0.25) is 0 Å². The second-order valence-corrected chi connectivity index (χ2v) is 7.07. The van der Waals surface area contributed by atoms with Gasteiger partial charge in [0.1, 0.15) is 12.4 Å². The van der Waals surface area contributed by atoms with Crippen molar-refractivity contribution in [2.24, 2.45) is 5.73 Å². The number of para-hydroxylation sites is 1. The fraction of sp³-hybridized carbons (Fsp3) is 0.381. The molecule has 142 valence electrons. The molecule has 2 aromatic rings. The van der Waals surface area contributed by atoms with Crippen LogP contribution in [0.15, 0.2) is 48.5 Å². The number of ether oxygens (including phenoxy) is 1. The molecule has 1 atom stereocenters.